The second kappa shape index (κ2) is 4.14. The largest absolute Gasteiger partial charge is 0.385 e. The van der Waals surface area contributed by atoms with Crippen molar-refractivity contribution in [2.24, 2.45) is 0 Å². The van der Waals surface area contributed by atoms with Gasteiger partial charge in [-0.2, -0.15) is 0 Å². The van der Waals surface area contributed by atoms with Crippen LogP contribution in [0.2, 0.25) is 0 Å². The smallest absolute Gasteiger partial charge is 0.0920 e. The average Bonchev–Trinajstić information content (AvgIpc) is 2.52. The molecular weight excluding hydrogens is 246 g/mol. The molecule has 2 aliphatic rings. The fourth-order valence-corrected chi connectivity index (χ4v) is 5.58. The van der Waals surface area contributed by atoms with E-state index >= 15 is 0 Å². The summed E-state index contributed by atoms with van der Waals surface area (Å²) in [5.74, 6) is 0. The zero-order chi connectivity index (χ0) is 12.9. The number of fused-ring (bicyclic) bond motifs is 2. The van der Waals surface area contributed by atoms with Gasteiger partial charge in [0.25, 0.3) is 0 Å². The first-order valence-corrected chi connectivity index (χ1v) is 7.83. The van der Waals surface area contributed by atoms with Crippen LogP contribution in [0.5, 0.6) is 0 Å². The van der Waals surface area contributed by atoms with Crippen LogP contribution in [-0.4, -0.2) is 24.8 Å². The monoisotopic (exact) mass is 265 g/mol. The predicted molar refractivity (Wildman–Crippen MR) is 71.8 cm³/mol. The lowest BCUT2D eigenvalue weighted by molar-refractivity contribution is 0.0182. The van der Waals surface area contributed by atoms with E-state index in [9.17, 15) is 9.32 Å². The van der Waals surface area contributed by atoms with Gasteiger partial charge < -0.3 is 5.11 Å². The lowest BCUT2D eigenvalue weighted by Crippen LogP contribution is -2.40. The molecule has 2 atom stereocenters. The summed E-state index contributed by atoms with van der Waals surface area (Å²) < 4.78 is 12.0. The Morgan fingerprint density at radius 2 is 1.72 bits per heavy atom. The fraction of sp³-hybridized carbons (Fsp3) is 0.643. The van der Waals surface area contributed by atoms with E-state index in [1.54, 1.807) is 0 Å². The topological polar surface area (TPSA) is 50.2 Å². The molecule has 2 saturated heterocycles. The maximum absolute atomic E-state index is 12.0. The summed E-state index contributed by atoms with van der Waals surface area (Å²) in [6.07, 6.45) is 3.28. The maximum Gasteiger partial charge on any atom is 0.0920 e. The summed E-state index contributed by atoms with van der Waals surface area (Å²) >= 11 is 0. The van der Waals surface area contributed by atoms with Crippen molar-refractivity contribution < 1.29 is 9.32 Å². The Labute approximate surface area is 110 Å². The highest BCUT2D eigenvalue weighted by molar-refractivity contribution is 7.86. The van der Waals surface area contributed by atoms with Gasteiger partial charge in [-0.1, -0.05) is 0 Å². The molecule has 0 aliphatic carbocycles. The van der Waals surface area contributed by atoms with Gasteiger partial charge in [0.05, 0.1) is 5.60 Å². The lowest BCUT2D eigenvalue weighted by Gasteiger charge is -2.36. The molecule has 0 aromatic carbocycles. The van der Waals surface area contributed by atoms with Crippen molar-refractivity contribution in [3.8, 4) is 0 Å². The summed E-state index contributed by atoms with van der Waals surface area (Å²) in [7, 11) is -0.725. The molecule has 0 radical (unpaired) electrons. The Morgan fingerprint density at radius 3 is 2.22 bits per heavy atom. The average molecular weight is 265 g/mol. The van der Waals surface area contributed by atoms with Gasteiger partial charge >= 0.3 is 0 Å². The molecular formula is C14H19NO2S. The summed E-state index contributed by atoms with van der Waals surface area (Å²) in [6, 6.07) is 3.95. The third-order valence-corrected chi connectivity index (χ3v) is 6.34. The van der Waals surface area contributed by atoms with E-state index in [2.05, 4.69) is 4.98 Å². The number of aliphatic hydroxyl groups is 1. The summed E-state index contributed by atoms with van der Waals surface area (Å²) in [6.45, 7) is 3.91. The molecule has 2 unspecified atom stereocenters. The first kappa shape index (κ1) is 12.3. The van der Waals surface area contributed by atoms with E-state index in [1.165, 1.54) is 0 Å². The Bertz CT molecular complexity index is 478. The highest BCUT2D eigenvalue weighted by Crippen LogP contribution is 2.45. The minimum absolute atomic E-state index is 0.183. The second-order valence-corrected chi connectivity index (χ2v) is 7.72. The van der Waals surface area contributed by atoms with E-state index in [0.29, 0.717) is 12.8 Å². The minimum Gasteiger partial charge on any atom is -0.385 e. The molecule has 1 N–H and O–H groups in total. The molecule has 0 spiro atoms. The van der Waals surface area contributed by atoms with Crippen LogP contribution in [0.15, 0.2) is 12.1 Å². The lowest BCUT2D eigenvalue weighted by atomic mass is 9.85. The standard InChI is InChI=1S/C14H19NO2S/c1-9-5-11(6-10(2)15-9)14(16)7-12-3-4-13(8-14)18(12)17/h5-6,12-13,16H,3-4,7-8H2,1-2H3. The predicted octanol–water partition coefficient (Wildman–Crippen LogP) is 1.96. The molecule has 98 valence electrons. The highest BCUT2D eigenvalue weighted by atomic mass is 32.2. The molecule has 2 fully saturated rings. The van der Waals surface area contributed by atoms with Gasteiger partial charge in [-0.15, -0.1) is 0 Å². The fourth-order valence-electron chi connectivity index (χ4n) is 3.42. The van der Waals surface area contributed by atoms with Crippen molar-refractivity contribution in [3.05, 3.63) is 29.1 Å². The molecule has 3 rings (SSSR count). The molecule has 18 heavy (non-hydrogen) atoms. The van der Waals surface area contributed by atoms with Crippen molar-refractivity contribution in [1.29, 1.82) is 0 Å². The summed E-state index contributed by atoms with van der Waals surface area (Å²) in [5.41, 5.74) is 2.05. The molecule has 2 bridgehead atoms. The van der Waals surface area contributed by atoms with E-state index in [1.807, 2.05) is 26.0 Å². The zero-order valence-corrected chi connectivity index (χ0v) is 11.7. The number of pyridine rings is 1. The quantitative estimate of drug-likeness (QED) is 0.844. The van der Waals surface area contributed by atoms with Crippen LogP contribution in [0, 0.1) is 13.8 Å². The van der Waals surface area contributed by atoms with Gasteiger partial charge in [0.1, 0.15) is 0 Å². The van der Waals surface area contributed by atoms with E-state index < -0.39 is 16.4 Å². The van der Waals surface area contributed by atoms with Crippen LogP contribution in [-0.2, 0) is 16.4 Å². The van der Waals surface area contributed by atoms with Crippen LogP contribution in [0.25, 0.3) is 0 Å². The normalized spacial score (nSPS) is 38.9. The van der Waals surface area contributed by atoms with Gasteiger partial charge in [-0.3, -0.25) is 9.19 Å². The maximum atomic E-state index is 12.0. The highest BCUT2D eigenvalue weighted by Gasteiger charge is 2.48. The van der Waals surface area contributed by atoms with Crippen molar-refractivity contribution >= 4 is 10.8 Å². The number of hydrogen-bond donors (Lipinski definition) is 1. The van der Waals surface area contributed by atoms with Crippen LogP contribution >= 0.6 is 0 Å². The Hall–Kier alpha value is -0.740. The second-order valence-electron chi connectivity index (χ2n) is 5.73. The van der Waals surface area contributed by atoms with Gasteiger partial charge in [0.15, 0.2) is 0 Å². The Morgan fingerprint density at radius 1 is 1.22 bits per heavy atom. The molecule has 2 aliphatic heterocycles. The van der Waals surface area contributed by atoms with Crippen LogP contribution < -0.4 is 0 Å². The first-order chi connectivity index (χ1) is 8.48. The van der Waals surface area contributed by atoms with Gasteiger partial charge in [0.2, 0.25) is 0 Å². The van der Waals surface area contributed by atoms with Crippen LogP contribution in [0.3, 0.4) is 0 Å². The Kier molecular flexibility index (Phi) is 2.83. The minimum atomic E-state index is -0.793. The number of aryl methyl sites for hydroxylation is 2. The van der Waals surface area contributed by atoms with E-state index in [0.717, 1.165) is 29.8 Å². The van der Waals surface area contributed by atoms with Gasteiger partial charge in [0, 0.05) is 32.7 Å². The molecule has 1 aromatic rings. The number of hydrogen-bond acceptors (Lipinski definition) is 3. The molecule has 0 saturated carbocycles. The third-order valence-electron chi connectivity index (χ3n) is 4.22. The summed E-state index contributed by atoms with van der Waals surface area (Å²) in [5, 5.41) is 11.3. The molecule has 3 heterocycles. The molecule has 4 heteroatoms. The van der Waals surface area contributed by atoms with Crippen molar-refractivity contribution in [2.45, 2.75) is 55.6 Å². The number of nitrogens with zero attached hydrogens (tertiary/aromatic N) is 1. The SMILES string of the molecule is Cc1cc(C2(O)CC3CCC(C2)S3=O)cc(C)n1. The van der Waals surface area contributed by atoms with Gasteiger partial charge in [-0.25, -0.2) is 0 Å². The molecule has 1 aromatic heterocycles. The zero-order valence-electron chi connectivity index (χ0n) is 10.8. The molecule has 3 nitrogen and oxygen atoms in total. The van der Waals surface area contributed by atoms with Gasteiger partial charge in [-0.05, 0) is 57.2 Å². The summed E-state index contributed by atoms with van der Waals surface area (Å²) in [4.78, 5) is 4.36. The van der Waals surface area contributed by atoms with E-state index in [-0.39, 0.29) is 10.5 Å². The van der Waals surface area contributed by atoms with Crippen molar-refractivity contribution in [2.75, 3.05) is 0 Å². The van der Waals surface area contributed by atoms with Crippen molar-refractivity contribution in [1.82, 2.24) is 4.98 Å². The molecule has 0 amide bonds. The van der Waals surface area contributed by atoms with Crippen LogP contribution in [0.4, 0.5) is 0 Å². The third kappa shape index (κ3) is 1.91. The van der Waals surface area contributed by atoms with Crippen LogP contribution in [0.1, 0.15) is 42.6 Å². The number of aromatic nitrogens is 1. The number of rotatable bonds is 1. The van der Waals surface area contributed by atoms with E-state index in [4.69, 9.17) is 0 Å². The van der Waals surface area contributed by atoms with Crippen molar-refractivity contribution in [3.63, 3.8) is 0 Å². The Balaban J connectivity index is 1.98. The first-order valence-electron chi connectivity index (χ1n) is 6.55.